The number of fused-ring (bicyclic) bond motifs is 1. The number of anilines is 1. The molecule has 0 N–H and O–H groups in total. The van der Waals surface area contributed by atoms with Crippen LogP contribution in [0.1, 0.15) is 23.8 Å². The molecule has 2 aliphatic rings. The van der Waals surface area contributed by atoms with Crippen molar-refractivity contribution in [2.75, 3.05) is 31.1 Å². The van der Waals surface area contributed by atoms with Crippen molar-refractivity contribution in [2.45, 2.75) is 26.3 Å². The third kappa shape index (κ3) is 2.79. The van der Waals surface area contributed by atoms with Gasteiger partial charge in [0.1, 0.15) is 17.0 Å². The maximum absolute atomic E-state index is 4.66. The predicted octanol–water partition coefficient (Wildman–Crippen LogP) is 3.97. The zero-order valence-electron chi connectivity index (χ0n) is 15.2. The molecular weight excluding hydrogens is 340 g/mol. The molecule has 0 saturated carbocycles. The van der Waals surface area contributed by atoms with Gasteiger partial charge in [-0.2, -0.15) is 0 Å². The van der Waals surface area contributed by atoms with E-state index >= 15 is 0 Å². The van der Waals surface area contributed by atoms with Crippen LogP contribution >= 0.6 is 11.3 Å². The van der Waals surface area contributed by atoms with E-state index < -0.39 is 0 Å². The van der Waals surface area contributed by atoms with Gasteiger partial charge in [-0.1, -0.05) is 37.3 Å². The molecule has 2 aromatic heterocycles. The minimum absolute atomic E-state index is 0.454. The number of aryl methyl sites for hydroxylation is 1. The lowest BCUT2D eigenvalue weighted by molar-refractivity contribution is 0.0117. The second kappa shape index (κ2) is 6.32. The Hall–Kier alpha value is -1.98. The molecule has 2 saturated heterocycles. The van der Waals surface area contributed by atoms with Crippen LogP contribution in [-0.2, 0) is 13.0 Å². The van der Waals surface area contributed by atoms with Gasteiger partial charge in [0.05, 0.1) is 5.39 Å². The van der Waals surface area contributed by atoms with E-state index in [9.17, 15) is 0 Å². The van der Waals surface area contributed by atoms with Crippen LogP contribution in [0.25, 0.3) is 10.2 Å². The SMILES string of the molecule is CCc1cc2c(N3CCC4(CN(Cc5ccccc5)C4)C3)ncnc2s1. The van der Waals surface area contributed by atoms with Crippen LogP contribution in [0.15, 0.2) is 42.7 Å². The van der Waals surface area contributed by atoms with E-state index in [0.29, 0.717) is 5.41 Å². The van der Waals surface area contributed by atoms with Crippen LogP contribution in [0, 0.1) is 5.41 Å². The fraction of sp³-hybridized carbons (Fsp3) is 0.429. The normalized spacial score (nSPS) is 19.3. The summed E-state index contributed by atoms with van der Waals surface area (Å²) in [6, 6.07) is 13.1. The first-order valence-corrected chi connectivity index (χ1v) is 10.3. The molecule has 0 atom stereocenters. The van der Waals surface area contributed by atoms with E-state index in [4.69, 9.17) is 0 Å². The quantitative estimate of drug-likeness (QED) is 0.701. The molecule has 0 aliphatic carbocycles. The van der Waals surface area contributed by atoms with Crippen LogP contribution in [0.4, 0.5) is 5.82 Å². The molecular formula is C21H24N4S. The highest BCUT2D eigenvalue weighted by Crippen LogP contribution is 2.43. The van der Waals surface area contributed by atoms with Gasteiger partial charge in [0.25, 0.3) is 0 Å². The van der Waals surface area contributed by atoms with Crippen molar-refractivity contribution < 1.29 is 0 Å². The molecule has 2 aliphatic heterocycles. The molecule has 2 fully saturated rings. The smallest absolute Gasteiger partial charge is 0.140 e. The van der Waals surface area contributed by atoms with Gasteiger partial charge >= 0.3 is 0 Å². The van der Waals surface area contributed by atoms with Crippen molar-refractivity contribution >= 4 is 27.4 Å². The zero-order valence-corrected chi connectivity index (χ0v) is 16.0. The highest BCUT2D eigenvalue weighted by atomic mass is 32.1. The minimum atomic E-state index is 0.454. The van der Waals surface area contributed by atoms with Crippen LogP contribution in [0.2, 0.25) is 0 Å². The van der Waals surface area contributed by atoms with E-state index in [2.05, 4.69) is 63.1 Å². The van der Waals surface area contributed by atoms with Gasteiger partial charge in [0.2, 0.25) is 0 Å². The van der Waals surface area contributed by atoms with Gasteiger partial charge in [-0.05, 0) is 24.5 Å². The Bertz CT molecular complexity index is 914. The average Bonchev–Trinajstić information content (AvgIpc) is 3.26. The third-order valence-electron chi connectivity index (χ3n) is 5.81. The van der Waals surface area contributed by atoms with Crippen molar-refractivity contribution in [1.29, 1.82) is 0 Å². The van der Waals surface area contributed by atoms with E-state index in [-0.39, 0.29) is 0 Å². The van der Waals surface area contributed by atoms with Gasteiger partial charge in [0.15, 0.2) is 0 Å². The first-order valence-electron chi connectivity index (χ1n) is 9.49. The molecule has 5 rings (SSSR count). The van der Waals surface area contributed by atoms with E-state index in [1.807, 2.05) is 0 Å². The van der Waals surface area contributed by atoms with Gasteiger partial charge in [-0.25, -0.2) is 9.97 Å². The Morgan fingerprint density at radius 3 is 2.77 bits per heavy atom. The summed E-state index contributed by atoms with van der Waals surface area (Å²) in [4.78, 5) is 16.7. The minimum Gasteiger partial charge on any atom is -0.355 e. The third-order valence-corrected chi connectivity index (χ3v) is 7.00. The summed E-state index contributed by atoms with van der Waals surface area (Å²) in [7, 11) is 0. The lowest BCUT2D eigenvalue weighted by atomic mass is 9.79. The lowest BCUT2D eigenvalue weighted by Crippen LogP contribution is -2.56. The second-order valence-electron chi connectivity index (χ2n) is 7.78. The predicted molar refractivity (Wildman–Crippen MR) is 108 cm³/mol. The highest BCUT2D eigenvalue weighted by Gasteiger charge is 2.47. The summed E-state index contributed by atoms with van der Waals surface area (Å²) in [6.45, 7) is 7.93. The molecule has 0 amide bonds. The number of likely N-dealkylation sites (tertiary alicyclic amines) is 1. The molecule has 0 unspecified atom stereocenters. The maximum Gasteiger partial charge on any atom is 0.140 e. The summed E-state index contributed by atoms with van der Waals surface area (Å²) in [5, 5.41) is 1.24. The Balaban J connectivity index is 1.29. The van der Waals surface area contributed by atoms with Crippen molar-refractivity contribution in [3.63, 3.8) is 0 Å². The molecule has 0 radical (unpaired) electrons. The standard InChI is InChI=1S/C21H24N4S/c1-2-17-10-18-19(22-15-23-20(18)26-17)25-9-8-21(14-25)12-24(13-21)11-16-6-4-3-5-7-16/h3-7,10,15H,2,8-9,11-14H2,1H3. The Labute approximate surface area is 158 Å². The maximum atomic E-state index is 4.66. The highest BCUT2D eigenvalue weighted by molar-refractivity contribution is 7.18. The number of hydrogen-bond donors (Lipinski definition) is 0. The number of benzene rings is 1. The molecule has 1 spiro atoms. The number of thiophene rings is 1. The molecule has 5 heteroatoms. The monoisotopic (exact) mass is 364 g/mol. The average molecular weight is 365 g/mol. The summed E-state index contributed by atoms with van der Waals surface area (Å²) in [5.74, 6) is 1.14. The second-order valence-corrected chi connectivity index (χ2v) is 8.90. The van der Waals surface area contributed by atoms with Crippen LogP contribution < -0.4 is 4.90 Å². The summed E-state index contributed by atoms with van der Waals surface area (Å²) < 4.78 is 0. The number of nitrogens with zero attached hydrogens (tertiary/aromatic N) is 4. The van der Waals surface area contributed by atoms with E-state index in [1.54, 1.807) is 17.7 Å². The Kier molecular flexibility index (Phi) is 3.94. The number of rotatable bonds is 4. The van der Waals surface area contributed by atoms with E-state index in [0.717, 1.165) is 36.7 Å². The topological polar surface area (TPSA) is 32.3 Å². The lowest BCUT2D eigenvalue weighted by Gasteiger charge is -2.48. The molecule has 0 bridgehead atoms. The fourth-order valence-electron chi connectivity index (χ4n) is 4.55. The molecule has 3 aromatic rings. The Morgan fingerprint density at radius 2 is 1.96 bits per heavy atom. The number of hydrogen-bond acceptors (Lipinski definition) is 5. The summed E-state index contributed by atoms with van der Waals surface area (Å²) >= 11 is 1.81. The molecule has 4 nitrogen and oxygen atoms in total. The first-order chi connectivity index (χ1) is 12.7. The fourth-order valence-corrected chi connectivity index (χ4v) is 5.48. The molecule has 26 heavy (non-hydrogen) atoms. The van der Waals surface area contributed by atoms with Crippen molar-refractivity contribution in [3.05, 3.63) is 53.2 Å². The van der Waals surface area contributed by atoms with Gasteiger partial charge in [-0.3, -0.25) is 4.90 Å². The van der Waals surface area contributed by atoms with Gasteiger partial charge in [-0.15, -0.1) is 11.3 Å². The molecule has 1 aromatic carbocycles. The van der Waals surface area contributed by atoms with Crippen LogP contribution in [0.5, 0.6) is 0 Å². The van der Waals surface area contributed by atoms with Crippen molar-refractivity contribution in [3.8, 4) is 0 Å². The van der Waals surface area contributed by atoms with E-state index in [1.165, 1.54) is 35.3 Å². The largest absolute Gasteiger partial charge is 0.355 e. The summed E-state index contributed by atoms with van der Waals surface area (Å²) in [5.41, 5.74) is 1.87. The van der Waals surface area contributed by atoms with Crippen LogP contribution in [0.3, 0.4) is 0 Å². The van der Waals surface area contributed by atoms with Gasteiger partial charge in [0, 0.05) is 43.0 Å². The zero-order chi connectivity index (χ0) is 17.6. The van der Waals surface area contributed by atoms with Crippen molar-refractivity contribution in [2.24, 2.45) is 5.41 Å². The summed E-state index contributed by atoms with van der Waals surface area (Å²) in [6.07, 6.45) is 4.08. The first kappa shape index (κ1) is 16.2. The molecule has 134 valence electrons. The van der Waals surface area contributed by atoms with Crippen molar-refractivity contribution in [1.82, 2.24) is 14.9 Å². The van der Waals surface area contributed by atoms with Crippen LogP contribution in [-0.4, -0.2) is 41.0 Å². The number of aromatic nitrogens is 2. The molecule has 4 heterocycles. The Morgan fingerprint density at radius 1 is 1.12 bits per heavy atom. The van der Waals surface area contributed by atoms with Gasteiger partial charge < -0.3 is 4.90 Å².